The van der Waals surface area contributed by atoms with E-state index in [0.717, 1.165) is 6.54 Å². The molecule has 1 saturated heterocycles. The lowest BCUT2D eigenvalue weighted by Crippen LogP contribution is -2.51. The number of rotatable bonds is 25. The first-order chi connectivity index (χ1) is 27.3. The molecule has 21 heteroatoms. The largest absolute Gasteiger partial charge is 0.549 e. The summed E-state index contributed by atoms with van der Waals surface area (Å²) < 4.78 is 0. The van der Waals surface area contributed by atoms with Crippen LogP contribution in [0.25, 0.3) is 0 Å². The van der Waals surface area contributed by atoms with Gasteiger partial charge in [0.2, 0.25) is 29.5 Å². The van der Waals surface area contributed by atoms with Crippen molar-refractivity contribution >= 4 is 63.1 Å². The third-order valence-corrected chi connectivity index (χ3v) is 12.1. The number of carbonyl (C=O) groups excluding carboxylic acids is 7. The molecule has 0 aromatic rings. The third-order valence-electron chi connectivity index (χ3n) is 9.74. The maximum atomic E-state index is 12.9. The molecule has 1 rings (SSSR count). The summed E-state index contributed by atoms with van der Waals surface area (Å²) in [6.45, 7) is 15.1. The second-order valence-electron chi connectivity index (χ2n) is 15.3. The molecule has 0 aromatic carbocycles. The Kier molecular flexibility index (Phi) is 25.8. The number of nitrogens with one attached hydrogen (secondary N) is 5. The molecule has 6 N–H and O–H groups in total. The highest BCUT2D eigenvalue weighted by Gasteiger charge is 2.41. The van der Waals surface area contributed by atoms with Gasteiger partial charge in [0.1, 0.15) is 0 Å². The summed E-state index contributed by atoms with van der Waals surface area (Å²) in [5.74, 6) is -2.94. The summed E-state index contributed by atoms with van der Waals surface area (Å²) >= 11 is 0. The van der Waals surface area contributed by atoms with Crippen molar-refractivity contribution in [1.82, 2.24) is 46.2 Å². The predicted octanol–water partition coefficient (Wildman–Crippen LogP) is -4.10. The Balaban J connectivity index is 2.36. The number of aliphatic hydroxyl groups excluding tert-OH is 1. The minimum Gasteiger partial charge on any atom is -0.549 e. The van der Waals surface area contributed by atoms with Gasteiger partial charge in [-0.15, -0.1) is 0 Å². The number of aliphatic carboxylic acids is 2. The summed E-state index contributed by atoms with van der Waals surface area (Å²) in [6, 6.07) is 0. The Bertz CT molecular complexity index is 1330. The molecule has 0 saturated carbocycles. The first-order valence-corrected chi connectivity index (χ1v) is 22.4. The summed E-state index contributed by atoms with van der Waals surface area (Å²) in [6.07, 6.45) is -0.00844. The fraction of sp³-hybridized carbons (Fsp3) is 0.811. The van der Waals surface area contributed by atoms with E-state index >= 15 is 0 Å². The Hall–Kier alpha value is -3.21. The highest BCUT2D eigenvalue weighted by molar-refractivity contribution is 8.76. The lowest BCUT2D eigenvalue weighted by molar-refractivity contribution is -0.308. The van der Waals surface area contributed by atoms with E-state index in [2.05, 4.69) is 31.5 Å². The van der Waals surface area contributed by atoms with Gasteiger partial charge in [-0.1, -0.05) is 56.2 Å². The molecule has 5 amide bonds. The molecule has 1 fully saturated rings. The number of likely N-dealkylation sites (N-methyl/N-ethyl adjacent to an activating group) is 1. The standard InChI is InChI=1S/C37H69N9O10S2/c1-7-37(6,35(56)41-21-28(3)47)27-36(4,5)34(55)42-23-30(49)40-22-29(48)38-9-19-57-58-20-10-39-31(50)24-44-13-11-43(8-2)12-14-45(25-32(51)52)17-18-46(16-15-44)26-33(53)54/h28,47H,7-27H2,1-6H3,(H,38,48)(H,39,50)(H,40,49)(H,41,56)(H,42,55)(H,51,52)(H,53,54)/p-2. The molecule has 0 spiro atoms. The van der Waals surface area contributed by atoms with Gasteiger partial charge in [0.25, 0.3) is 0 Å². The average molecular weight is 862 g/mol. The number of carboxylic acid groups (broad SMARTS) is 2. The van der Waals surface area contributed by atoms with Crippen LogP contribution in [0.1, 0.15) is 54.4 Å². The first-order valence-electron chi connectivity index (χ1n) is 19.9. The highest BCUT2D eigenvalue weighted by Crippen LogP contribution is 2.37. The average Bonchev–Trinajstić information content (AvgIpc) is 3.15. The van der Waals surface area contributed by atoms with Gasteiger partial charge in [-0.25, -0.2) is 0 Å². The normalized spacial score (nSPS) is 17.1. The molecule has 2 unspecified atom stereocenters. The molecular formula is C37H67N9O10S2-2. The molecule has 19 nitrogen and oxygen atoms in total. The molecule has 0 aromatic heterocycles. The second kappa shape index (κ2) is 28.3. The zero-order valence-electron chi connectivity index (χ0n) is 35.2. The number of aliphatic hydroxyl groups is 1. The number of carboxylic acids is 2. The maximum Gasteiger partial charge on any atom is 0.239 e. The molecule has 1 heterocycles. The van der Waals surface area contributed by atoms with E-state index in [-0.39, 0.29) is 63.4 Å². The van der Waals surface area contributed by atoms with Crippen molar-refractivity contribution < 1.29 is 48.9 Å². The van der Waals surface area contributed by atoms with E-state index in [1.807, 2.05) is 18.7 Å². The number of hydrogen-bond donors (Lipinski definition) is 6. The Morgan fingerprint density at radius 3 is 1.50 bits per heavy atom. The van der Waals surface area contributed by atoms with Gasteiger partial charge in [-0.3, -0.25) is 38.7 Å². The zero-order valence-corrected chi connectivity index (χ0v) is 36.8. The molecule has 58 heavy (non-hydrogen) atoms. The molecule has 0 aliphatic carbocycles. The van der Waals surface area contributed by atoms with Crippen LogP contribution < -0.4 is 36.8 Å². The summed E-state index contributed by atoms with van der Waals surface area (Å²) in [5.41, 5.74) is -1.83. The molecule has 334 valence electrons. The summed E-state index contributed by atoms with van der Waals surface area (Å²) in [7, 11) is 3.06. The Morgan fingerprint density at radius 2 is 1.05 bits per heavy atom. The van der Waals surface area contributed by atoms with Crippen LogP contribution in [0.15, 0.2) is 0 Å². The van der Waals surface area contributed by atoms with Crippen LogP contribution in [0.5, 0.6) is 0 Å². The molecule has 1 aliphatic heterocycles. The van der Waals surface area contributed by atoms with Crippen molar-refractivity contribution in [1.29, 1.82) is 0 Å². The van der Waals surface area contributed by atoms with Crippen LogP contribution >= 0.6 is 21.6 Å². The van der Waals surface area contributed by atoms with Gasteiger partial charge in [0.05, 0.1) is 37.7 Å². The monoisotopic (exact) mass is 861 g/mol. The van der Waals surface area contributed by atoms with Crippen LogP contribution in [-0.2, 0) is 33.6 Å². The van der Waals surface area contributed by atoms with Crippen molar-refractivity contribution in [2.45, 2.75) is 60.5 Å². The fourth-order valence-electron chi connectivity index (χ4n) is 6.15. The molecule has 0 radical (unpaired) electrons. The van der Waals surface area contributed by atoms with E-state index in [1.165, 1.54) is 21.6 Å². The van der Waals surface area contributed by atoms with E-state index in [0.29, 0.717) is 83.4 Å². The van der Waals surface area contributed by atoms with Gasteiger partial charge in [0, 0.05) is 107 Å². The van der Waals surface area contributed by atoms with Crippen molar-refractivity contribution in [2.75, 3.05) is 123 Å². The van der Waals surface area contributed by atoms with Crippen LogP contribution in [0, 0.1) is 10.8 Å². The third kappa shape index (κ3) is 23.4. The molecule has 0 bridgehead atoms. The lowest BCUT2D eigenvalue weighted by Gasteiger charge is -2.35. The fourth-order valence-corrected chi connectivity index (χ4v) is 7.97. The van der Waals surface area contributed by atoms with Crippen LogP contribution in [0.4, 0.5) is 0 Å². The SMILES string of the molecule is CCN1CCN(CC(=O)[O-])CCN(CC(=O)[O-])CCN(CC(=O)NCCSSCCNC(=O)CNC(=O)CNC(=O)C(C)(C)CC(C)(CC)C(=O)NCC(C)O)CC1. The number of hydrogen-bond acceptors (Lipinski definition) is 16. The Morgan fingerprint density at radius 1 is 0.621 bits per heavy atom. The van der Waals surface area contributed by atoms with Crippen molar-refractivity contribution in [3.05, 3.63) is 0 Å². The van der Waals surface area contributed by atoms with Gasteiger partial charge in [-0.2, -0.15) is 0 Å². The summed E-state index contributed by atoms with van der Waals surface area (Å²) in [5, 5.41) is 45.5. The van der Waals surface area contributed by atoms with Gasteiger partial charge in [0.15, 0.2) is 0 Å². The van der Waals surface area contributed by atoms with Crippen molar-refractivity contribution in [3.8, 4) is 0 Å². The molecule has 2 atom stereocenters. The molecule has 1 aliphatic rings. The van der Waals surface area contributed by atoms with Crippen LogP contribution in [-0.4, -0.2) is 195 Å². The van der Waals surface area contributed by atoms with Crippen LogP contribution in [0.3, 0.4) is 0 Å². The minimum atomic E-state index is -1.23. The zero-order chi connectivity index (χ0) is 43.7. The Labute approximate surface area is 351 Å². The van der Waals surface area contributed by atoms with E-state index in [1.54, 1.807) is 37.5 Å². The summed E-state index contributed by atoms with van der Waals surface area (Å²) in [4.78, 5) is 93.3. The first kappa shape index (κ1) is 52.8. The molecular weight excluding hydrogens is 795 g/mol. The maximum absolute atomic E-state index is 12.9. The van der Waals surface area contributed by atoms with Crippen molar-refractivity contribution in [2.24, 2.45) is 10.8 Å². The van der Waals surface area contributed by atoms with Gasteiger partial charge >= 0.3 is 0 Å². The number of carbonyl (C=O) groups is 7. The highest BCUT2D eigenvalue weighted by atomic mass is 33.1. The predicted molar refractivity (Wildman–Crippen MR) is 220 cm³/mol. The van der Waals surface area contributed by atoms with E-state index < -0.39 is 40.7 Å². The van der Waals surface area contributed by atoms with Gasteiger partial charge < -0.3 is 56.4 Å². The smallest absolute Gasteiger partial charge is 0.239 e. The number of nitrogens with zero attached hydrogens (tertiary/aromatic N) is 4. The lowest BCUT2D eigenvalue weighted by atomic mass is 9.71. The van der Waals surface area contributed by atoms with E-state index in [9.17, 15) is 48.9 Å². The van der Waals surface area contributed by atoms with Crippen LogP contribution in [0.2, 0.25) is 0 Å². The number of amides is 5. The second-order valence-corrected chi connectivity index (χ2v) is 18.0. The van der Waals surface area contributed by atoms with Gasteiger partial charge in [-0.05, 0) is 26.3 Å². The van der Waals surface area contributed by atoms with E-state index in [4.69, 9.17) is 0 Å². The topological polar surface area (TPSA) is 259 Å². The minimum absolute atomic E-state index is 0.106. The quantitative estimate of drug-likeness (QED) is 0.0377. The van der Waals surface area contributed by atoms with Crippen molar-refractivity contribution in [3.63, 3.8) is 0 Å².